The van der Waals surface area contributed by atoms with Crippen LogP contribution in [0.4, 0.5) is 0 Å². The molecule has 0 atom stereocenters. The zero-order chi connectivity index (χ0) is 15.9. The number of allylic oxidation sites excluding steroid dienone is 1. The van der Waals surface area contributed by atoms with Crippen molar-refractivity contribution in [3.8, 4) is 0 Å². The lowest BCUT2D eigenvalue weighted by atomic mass is 10.0. The molecule has 0 bridgehead atoms. The molecule has 0 unspecified atom stereocenters. The zero-order valence-electron chi connectivity index (χ0n) is 14.7. The number of carbonyl (C=O) groups excluding carboxylic acids is 1. The minimum absolute atomic E-state index is 0.0767. The summed E-state index contributed by atoms with van der Waals surface area (Å²) in [6.07, 6.45) is 23.3. The molecular weight excluding hydrogens is 272 g/mol. The van der Waals surface area contributed by atoms with Gasteiger partial charge in [-0.3, -0.25) is 4.79 Å². The lowest BCUT2D eigenvalue weighted by molar-refractivity contribution is -0.148. The van der Waals surface area contributed by atoms with Gasteiger partial charge >= 0.3 is 5.97 Å². The molecule has 1 aliphatic heterocycles. The van der Waals surface area contributed by atoms with Crippen molar-refractivity contribution in [2.75, 3.05) is 0 Å². The van der Waals surface area contributed by atoms with Crippen molar-refractivity contribution in [3.05, 3.63) is 11.8 Å². The highest BCUT2D eigenvalue weighted by Gasteiger charge is 2.20. The van der Waals surface area contributed by atoms with Crippen molar-refractivity contribution in [1.82, 2.24) is 0 Å². The fourth-order valence-electron chi connectivity index (χ4n) is 3.00. The van der Waals surface area contributed by atoms with E-state index in [0.29, 0.717) is 6.42 Å². The Hall–Kier alpha value is -0.790. The van der Waals surface area contributed by atoms with Crippen LogP contribution in [0.15, 0.2) is 11.8 Å². The molecule has 0 spiro atoms. The first-order chi connectivity index (χ1) is 10.8. The second kappa shape index (κ2) is 13.8. The third-order valence-corrected chi connectivity index (χ3v) is 4.49. The molecule has 128 valence electrons. The van der Waals surface area contributed by atoms with Crippen LogP contribution in [0.1, 0.15) is 110 Å². The van der Waals surface area contributed by atoms with Crippen molar-refractivity contribution in [2.24, 2.45) is 0 Å². The highest BCUT2D eigenvalue weighted by atomic mass is 16.6. The Morgan fingerprint density at radius 2 is 1.18 bits per heavy atom. The van der Waals surface area contributed by atoms with Gasteiger partial charge in [0.1, 0.15) is 12.2 Å². The summed E-state index contributed by atoms with van der Waals surface area (Å²) in [6.45, 7) is 2.28. The number of unbranched alkanes of at least 4 members (excludes halogenated alkanes) is 14. The molecule has 1 saturated heterocycles. The average molecular weight is 309 g/mol. The highest BCUT2D eigenvalue weighted by Crippen LogP contribution is 2.19. The van der Waals surface area contributed by atoms with Crippen LogP contribution in [0.5, 0.6) is 0 Å². The summed E-state index contributed by atoms with van der Waals surface area (Å²) in [4.78, 5) is 10.6. The van der Waals surface area contributed by atoms with E-state index in [0.717, 1.165) is 12.2 Å². The fourth-order valence-corrected chi connectivity index (χ4v) is 3.00. The summed E-state index contributed by atoms with van der Waals surface area (Å²) >= 11 is 0. The zero-order valence-corrected chi connectivity index (χ0v) is 14.7. The van der Waals surface area contributed by atoms with Gasteiger partial charge in [0.25, 0.3) is 0 Å². The Balaban J connectivity index is 1.68. The number of ether oxygens (including phenoxy) is 1. The van der Waals surface area contributed by atoms with E-state index in [9.17, 15) is 4.79 Å². The van der Waals surface area contributed by atoms with Crippen LogP contribution in [-0.2, 0) is 9.53 Å². The predicted molar refractivity (Wildman–Crippen MR) is 93.7 cm³/mol. The molecule has 0 aromatic heterocycles. The monoisotopic (exact) mass is 308 g/mol. The number of hydrogen-bond acceptors (Lipinski definition) is 2. The Bertz CT molecular complexity index is 297. The summed E-state index contributed by atoms with van der Waals surface area (Å²) in [6, 6.07) is 0. The van der Waals surface area contributed by atoms with Crippen LogP contribution in [0.3, 0.4) is 0 Å². The Kier molecular flexibility index (Phi) is 12.1. The molecule has 2 nitrogen and oxygen atoms in total. The van der Waals surface area contributed by atoms with Gasteiger partial charge in [0.05, 0.1) is 0 Å². The number of hydrogen-bond donors (Lipinski definition) is 0. The van der Waals surface area contributed by atoms with Crippen LogP contribution in [0.25, 0.3) is 0 Å². The van der Waals surface area contributed by atoms with Crippen molar-refractivity contribution >= 4 is 5.97 Å². The Morgan fingerprint density at radius 1 is 0.773 bits per heavy atom. The Labute approximate surface area is 137 Å². The van der Waals surface area contributed by atoms with Crippen molar-refractivity contribution in [1.29, 1.82) is 0 Å². The van der Waals surface area contributed by atoms with Gasteiger partial charge in [-0.05, 0) is 18.9 Å². The van der Waals surface area contributed by atoms with Crippen molar-refractivity contribution < 1.29 is 9.53 Å². The highest BCUT2D eigenvalue weighted by molar-refractivity contribution is 5.79. The predicted octanol–water partition coefficient (Wildman–Crippen LogP) is 6.69. The van der Waals surface area contributed by atoms with Crippen LogP contribution in [-0.4, -0.2) is 5.97 Å². The van der Waals surface area contributed by atoms with Crippen LogP contribution >= 0.6 is 0 Å². The summed E-state index contributed by atoms with van der Waals surface area (Å²) in [5, 5.41) is 0. The quantitative estimate of drug-likeness (QED) is 0.249. The molecule has 0 aromatic carbocycles. The summed E-state index contributed by atoms with van der Waals surface area (Å²) in [7, 11) is 0. The largest absolute Gasteiger partial charge is 0.430 e. The normalized spacial score (nSPS) is 15.9. The van der Waals surface area contributed by atoms with E-state index in [1.807, 2.05) is 0 Å². The minimum Gasteiger partial charge on any atom is -0.430 e. The molecule has 1 heterocycles. The molecule has 0 N–H and O–H groups in total. The van der Waals surface area contributed by atoms with E-state index < -0.39 is 0 Å². The van der Waals surface area contributed by atoms with Gasteiger partial charge in [-0.2, -0.15) is 0 Å². The molecule has 0 amide bonds. The van der Waals surface area contributed by atoms with Gasteiger partial charge in [0, 0.05) is 0 Å². The molecule has 1 rings (SSSR count). The summed E-state index contributed by atoms with van der Waals surface area (Å²) in [5.41, 5.74) is 0. The lowest BCUT2D eigenvalue weighted by Crippen LogP contribution is -2.17. The number of esters is 1. The second-order valence-electron chi connectivity index (χ2n) is 6.71. The first-order valence-electron chi connectivity index (χ1n) is 9.72. The third kappa shape index (κ3) is 10.9. The number of cyclic esters (lactones) is 1. The van der Waals surface area contributed by atoms with Crippen molar-refractivity contribution in [3.63, 3.8) is 0 Å². The second-order valence-corrected chi connectivity index (χ2v) is 6.71. The fraction of sp³-hybridized carbons (Fsp3) is 0.850. The van der Waals surface area contributed by atoms with Gasteiger partial charge in [-0.25, -0.2) is 0 Å². The topological polar surface area (TPSA) is 26.3 Å². The van der Waals surface area contributed by atoms with Gasteiger partial charge in [-0.15, -0.1) is 0 Å². The first kappa shape index (κ1) is 19.3. The molecule has 0 radical (unpaired) electrons. The maximum atomic E-state index is 10.6. The lowest BCUT2D eigenvalue weighted by Gasteiger charge is -2.15. The Morgan fingerprint density at radius 3 is 1.59 bits per heavy atom. The molecular formula is C20H36O2. The first-order valence-corrected chi connectivity index (χ1v) is 9.72. The maximum Gasteiger partial charge on any atom is 0.318 e. The van der Waals surface area contributed by atoms with E-state index in [1.165, 1.54) is 89.9 Å². The number of rotatable bonds is 15. The molecule has 0 saturated carbocycles. The van der Waals surface area contributed by atoms with Gasteiger partial charge in [-0.1, -0.05) is 90.4 Å². The number of carbonyl (C=O) groups is 1. The van der Waals surface area contributed by atoms with E-state index >= 15 is 0 Å². The maximum absolute atomic E-state index is 10.6. The molecule has 2 heteroatoms. The van der Waals surface area contributed by atoms with E-state index in [2.05, 4.69) is 13.0 Å². The van der Waals surface area contributed by atoms with E-state index in [4.69, 9.17) is 4.74 Å². The SMILES string of the molecule is CCCCCCCCCCCCCCCCC=C1CC(=O)O1. The molecule has 1 aliphatic rings. The van der Waals surface area contributed by atoms with Gasteiger partial charge in [0.2, 0.25) is 0 Å². The molecule has 1 fully saturated rings. The standard InChI is InChI=1S/C20H36O2/c1-2-3-4-5-6-7-8-9-10-11-12-13-14-15-16-17-19-18-20(21)22-19/h17H,2-16,18H2,1H3. The molecule has 0 aromatic rings. The average Bonchev–Trinajstić information content (AvgIpc) is 2.49. The summed E-state index contributed by atoms with van der Waals surface area (Å²) in [5.74, 6) is 0.812. The van der Waals surface area contributed by atoms with Crippen LogP contribution in [0.2, 0.25) is 0 Å². The van der Waals surface area contributed by atoms with E-state index in [-0.39, 0.29) is 5.97 Å². The summed E-state index contributed by atoms with van der Waals surface area (Å²) < 4.78 is 4.88. The van der Waals surface area contributed by atoms with Crippen molar-refractivity contribution in [2.45, 2.75) is 110 Å². The molecule has 0 aliphatic carbocycles. The minimum atomic E-state index is -0.0767. The van der Waals surface area contributed by atoms with Crippen LogP contribution in [0, 0.1) is 0 Å². The van der Waals surface area contributed by atoms with Gasteiger partial charge in [0.15, 0.2) is 0 Å². The van der Waals surface area contributed by atoms with E-state index in [1.54, 1.807) is 0 Å². The molecule has 22 heavy (non-hydrogen) atoms. The van der Waals surface area contributed by atoms with Gasteiger partial charge < -0.3 is 4.74 Å². The third-order valence-electron chi connectivity index (χ3n) is 4.49. The van der Waals surface area contributed by atoms with Crippen LogP contribution < -0.4 is 0 Å². The smallest absolute Gasteiger partial charge is 0.318 e.